The first kappa shape index (κ1) is 15.8. The van der Waals surface area contributed by atoms with E-state index in [0.717, 1.165) is 38.2 Å². The van der Waals surface area contributed by atoms with Gasteiger partial charge in [-0.2, -0.15) is 0 Å². The largest absolute Gasteiger partial charge is 0.484 e. The molecule has 0 saturated carbocycles. The van der Waals surface area contributed by atoms with E-state index in [1.54, 1.807) is 0 Å². The number of nitrogens with one attached hydrogen (secondary N) is 1. The van der Waals surface area contributed by atoms with Gasteiger partial charge in [0.05, 0.1) is 0 Å². The molecule has 1 aliphatic rings. The summed E-state index contributed by atoms with van der Waals surface area (Å²) < 4.78 is 5.60. The maximum Gasteiger partial charge on any atom is 0.260 e. The number of likely N-dealkylation sites (tertiary alicyclic amines) is 1. The van der Waals surface area contributed by atoms with Crippen LogP contribution in [-0.4, -0.2) is 37.0 Å². The first-order valence-corrected chi connectivity index (χ1v) is 7.94. The molecule has 0 radical (unpaired) electrons. The van der Waals surface area contributed by atoms with Crippen molar-refractivity contribution in [1.82, 2.24) is 10.2 Å². The predicted octanol–water partition coefficient (Wildman–Crippen LogP) is 2.75. The highest BCUT2D eigenvalue weighted by molar-refractivity contribution is 5.77. The summed E-state index contributed by atoms with van der Waals surface area (Å²) in [5.74, 6) is 0.854. The van der Waals surface area contributed by atoms with Crippen LogP contribution in [0.15, 0.2) is 24.3 Å². The number of carbonyl (C=O) groups is 1. The number of amides is 1. The van der Waals surface area contributed by atoms with Crippen LogP contribution in [0, 0.1) is 0 Å². The van der Waals surface area contributed by atoms with Crippen molar-refractivity contribution in [3.63, 3.8) is 0 Å². The summed E-state index contributed by atoms with van der Waals surface area (Å²) in [7, 11) is 0. The maximum atomic E-state index is 12.0. The molecule has 0 bridgehead atoms. The molecular weight excluding hydrogens is 264 g/mol. The number of ether oxygens (including phenoxy) is 1. The molecule has 1 saturated heterocycles. The molecule has 1 aromatic carbocycles. The van der Waals surface area contributed by atoms with Crippen molar-refractivity contribution in [3.8, 4) is 5.75 Å². The Morgan fingerprint density at radius 1 is 1.24 bits per heavy atom. The van der Waals surface area contributed by atoms with Crippen molar-refractivity contribution < 1.29 is 9.53 Å². The van der Waals surface area contributed by atoms with Gasteiger partial charge in [-0.3, -0.25) is 4.79 Å². The zero-order valence-corrected chi connectivity index (χ0v) is 13.1. The molecule has 1 atom stereocenters. The van der Waals surface area contributed by atoms with Crippen LogP contribution in [0.1, 0.15) is 44.7 Å². The van der Waals surface area contributed by atoms with E-state index in [-0.39, 0.29) is 12.5 Å². The SMILES string of the molecule is CCNC(C)c1ccc(OCC(=O)N2CCCCC2)cc1. The predicted molar refractivity (Wildman–Crippen MR) is 84.5 cm³/mol. The molecule has 1 heterocycles. The molecule has 4 nitrogen and oxygen atoms in total. The lowest BCUT2D eigenvalue weighted by atomic mass is 10.1. The number of piperidine rings is 1. The molecule has 21 heavy (non-hydrogen) atoms. The second-order valence-corrected chi connectivity index (χ2v) is 5.58. The fourth-order valence-corrected chi connectivity index (χ4v) is 2.66. The lowest BCUT2D eigenvalue weighted by Gasteiger charge is -2.26. The first-order chi connectivity index (χ1) is 10.2. The third-order valence-electron chi connectivity index (χ3n) is 3.96. The second kappa shape index (κ2) is 8.03. The van der Waals surface area contributed by atoms with Gasteiger partial charge in [-0.25, -0.2) is 0 Å². The molecule has 1 amide bonds. The van der Waals surface area contributed by atoms with Crippen molar-refractivity contribution in [2.45, 2.75) is 39.2 Å². The lowest BCUT2D eigenvalue weighted by molar-refractivity contribution is -0.134. The minimum Gasteiger partial charge on any atom is -0.484 e. The van der Waals surface area contributed by atoms with Crippen LogP contribution in [0.3, 0.4) is 0 Å². The minimum atomic E-state index is 0.0970. The summed E-state index contributed by atoms with van der Waals surface area (Å²) in [5, 5.41) is 3.37. The number of hydrogen-bond donors (Lipinski definition) is 1. The number of hydrogen-bond acceptors (Lipinski definition) is 3. The van der Waals surface area contributed by atoms with Crippen LogP contribution in [0.2, 0.25) is 0 Å². The monoisotopic (exact) mass is 290 g/mol. The Kier molecular flexibility index (Phi) is 6.05. The average molecular weight is 290 g/mol. The molecule has 4 heteroatoms. The van der Waals surface area contributed by atoms with Gasteiger partial charge in [0.1, 0.15) is 5.75 Å². The summed E-state index contributed by atoms with van der Waals surface area (Å²) in [6.45, 7) is 7.08. The fourth-order valence-electron chi connectivity index (χ4n) is 2.66. The molecule has 2 rings (SSSR count). The Morgan fingerprint density at radius 2 is 1.90 bits per heavy atom. The van der Waals surface area contributed by atoms with Gasteiger partial charge in [0, 0.05) is 19.1 Å². The molecule has 0 spiro atoms. The highest BCUT2D eigenvalue weighted by Gasteiger charge is 2.16. The highest BCUT2D eigenvalue weighted by atomic mass is 16.5. The Bertz CT molecular complexity index is 439. The molecule has 1 aliphatic heterocycles. The standard InChI is InChI=1S/C17H26N2O2/c1-3-18-14(2)15-7-9-16(10-8-15)21-13-17(20)19-11-5-4-6-12-19/h7-10,14,18H,3-6,11-13H2,1-2H3. The van der Waals surface area contributed by atoms with E-state index in [0.29, 0.717) is 6.04 Å². The van der Waals surface area contributed by atoms with Crippen LogP contribution in [0.5, 0.6) is 5.75 Å². The molecule has 1 fully saturated rings. The van der Waals surface area contributed by atoms with Crippen molar-refractivity contribution in [3.05, 3.63) is 29.8 Å². The summed E-state index contributed by atoms with van der Waals surface area (Å²) in [4.78, 5) is 13.9. The van der Waals surface area contributed by atoms with Gasteiger partial charge < -0.3 is 15.0 Å². The zero-order chi connectivity index (χ0) is 15.1. The molecule has 1 unspecified atom stereocenters. The second-order valence-electron chi connectivity index (χ2n) is 5.58. The van der Waals surface area contributed by atoms with Gasteiger partial charge in [-0.05, 0) is 50.4 Å². The van der Waals surface area contributed by atoms with Crippen LogP contribution < -0.4 is 10.1 Å². The summed E-state index contributed by atoms with van der Waals surface area (Å²) in [5.41, 5.74) is 1.23. The van der Waals surface area contributed by atoms with E-state index in [1.807, 2.05) is 29.2 Å². The lowest BCUT2D eigenvalue weighted by Crippen LogP contribution is -2.38. The van der Waals surface area contributed by atoms with Crippen molar-refractivity contribution in [2.75, 3.05) is 26.2 Å². The van der Waals surface area contributed by atoms with Crippen molar-refractivity contribution >= 4 is 5.91 Å². The minimum absolute atomic E-state index is 0.0970. The van der Waals surface area contributed by atoms with Gasteiger partial charge in [0.2, 0.25) is 0 Å². The fraction of sp³-hybridized carbons (Fsp3) is 0.588. The number of benzene rings is 1. The summed E-state index contributed by atoms with van der Waals surface area (Å²) in [6.07, 6.45) is 3.46. The smallest absolute Gasteiger partial charge is 0.260 e. The van der Waals surface area contributed by atoms with E-state index in [2.05, 4.69) is 19.2 Å². The Labute approximate surface area is 127 Å². The van der Waals surface area contributed by atoms with Crippen LogP contribution in [-0.2, 0) is 4.79 Å². The van der Waals surface area contributed by atoms with Gasteiger partial charge in [-0.1, -0.05) is 19.1 Å². The van der Waals surface area contributed by atoms with Gasteiger partial charge in [0.15, 0.2) is 6.61 Å². The Balaban J connectivity index is 1.81. The van der Waals surface area contributed by atoms with Gasteiger partial charge in [0.25, 0.3) is 5.91 Å². The van der Waals surface area contributed by atoms with Crippen LogP contribution in [0.4, 0.5) is 0 Å². The van der Waals surface area contributed by atoms with Crippen LogP contribution >= 0.6 is 0 Å². The highest BCUT2D eigenvalue weighted by Crippen LogP contribution is 2.18. The first-order valence-electron chi connectivity index (χ1n) is 7.94. The molecule has 116 valence electrons. The molecule has 1 N–H and O–H groups in total. The van der Waals surface area contributed by atoms with E-state index < -0.39 is 0 Å². The topological polar surface area (TPSA) is 41.6 Å². The average Bonchev–Trinajstić information content (AvgIpc) is 2.54. The van der Waals surface area contributed by atoms with Crippen molar-refractivity contribution in [1.29, 1.82) is 0 Å². The van der Waals surface area contributed by atoms with Crippen LogP contribution in [0.25, 0.3) is 0 Å². The number of carbonyl (C=O) groups excluding carboxylic acids is 1. The summed E-state index contributed by atoms with van der Waals surface area (Å²) in [6, 6.07) is 8.31. The quantitative estimate of drug-likeness (QED) is 0.876. The van der Waals surface area contributed by atoms with Crippen molar-refractivity contribution in [2.24, 2.45) is 0 Å². The molecule has 1 aromatic rings. The summed E-state index contributed by atoms with van der Waals surface area (Å²) >= 11 is 0. The van der Waals surface area contributed by atoms with Gasteiger partial charge >= 0.3 is 0 Å². The van der Waals surface area contributed by atoms with E-state index in [1.165, 1.54) is 12.0 Å². The Hall–Kier alpha value is -1.55. The number of rotatable bonds is 6. The maximum absolute atomic E-state index is 12.0. The van der Waals surface area contributed by atoms with E-state index >= 15 is 0 Å². The number of nitrogens with zero attached hydrogens (tertiary/aromatic N) is 1. The normalized spacial score (nSPS) is 16.6. The third-order valence-corrected chi connectivity index (χ3v) is 3.96. The molecule has 0 aromatic heterocycles. The van der Waals surface area contributed by atoms with E-state index in [9.17, 15) is 4.79 Å². The molecular formula is C17H26N2O2. The van der Waals surface area contributed by atoms with Gasteiger partial charge in [-0.15, -0.1) is 0 Å². The van der Waals surface area contributed by atoms with E-state index in [4.69, 9.17) is 4.74 Å². The third kappa shape index (κ3) is 4.74. The Morgan fingerprint density at radius 3 is 2.52 bits per heavy atom. The zero-order valence-electron chi connectivity index (χ0n) is 13.1. The molecule has 0 aliphatic carbocycles.